The number of pyridine rings is 1. The zero-order chi connectivity index (χ0) is 19.1. The van der Waals surface area contributed by atoms with Crippen LogP contribution in [-0.2, 0) is 0 Å². The number of aryl methyl sites for hydroxylation is 2. The maximum absolute atomic E-state index is 9.55. The van der Waals surface area contributed by atoms with Crippen LogP contribution < -0.4 is 10.6 Å². The number of nitriles is 1. The van der Waals surface area contributed by atoms with Gasteiger partial charge in [-0.25, -0.2) is 14.6 Å². The van der Waals surface area contributed by atoms with Crippen LogP contribution in [0.5, 0.6) is 0 Å². The van der Waals surface area contributed by atoms with E-state index in [4.69, 9.17) is 5.73 Å². The summed E-state index contributed by atoms with van der Waals surface area (Å²) in [5.41, 5.74) is 8.77. The molecule has 0 spiro atoms. The molecule has 0 amide bonds. The Hall–Kier alpha value is -3.51. The molecule has 1 aliphatic heterocycles. The van der Waals surface area contributed by atoms with Gasteiger partial charge in [0.2, 0.25) is 0 Å². The number of aromatic nitrogens is 5. The van der Waals surface area contributed by atoms with Crippen molar-refractivity contribution in [2.24, 2.45) is 0 Å². The van der Waals surface area contributed by atoms with Crippen LogP contribution in [0.2, 0.25) is 0 Å². The fraction of sp³-hybridized carbons (Fsp3) is 0.278. The predicted octanol–water partition coefficient (Wildman–Crippen LogP) is 0.976. The molecule has 1 aliphatic rings. The van der Waals surface area contributed by atoms with Crippen LogP contribution in [0.3, 0.4) is 0 Å². The lowest BCUT2D eigenvalue weighted by Gasteiger charge is -2.36. The summed E-state index contributed by atoms with van der Waals surface area (Å²) >= 11 is 0. The van der Waals surface area contributed by atoms with Gasteiger partial charge in [-0.2, -0.15) is 15.3 Å². The quantitative estimate of drug-likeness (QED) is 0.705. The molecule has 3 aromatic rings. The van der Waals surface area contributed by atoms with Crippen molar-refractivity contribution in [2.45, 2.75) is 20.0 Å². The van der Waals surface area contributed by atoms with Gasteiger partial charge in [-0.3, -0.25) is 0 Å². The number of hydrogen-bond acceptors (Lipinski definition) is 8. The molecule has 0 aliphatic carbocycles. The molecule has 136 valence electrons. The molecule has 0 unspecified atom stereocenters. The highest BCUT2D eigenvalue weighted by molar-refractivity contribution is 5.71. The first-order chi connectivity index (χ1) is 13.0. The van der Waals surface area contributed by atoms with Gasteiger partial charge in [0, 0.05) is 18.8 Å². The lowest BCUT2D eigenvalue weighted by atomic mass is 10.1. The van der Waals surface area contributed by atoms with Gasteiger partial charge in [0.1, 0.15) is 29.0 Å². The minimum absolute atomic E-state index is 0.0802. The second-order valence-electron chi connectivity index (χ2n) is 6.52. The van der Waals surface area contributed by atoms with Crippen molar-refractivity contribution in [1.82, 2.24) is 24.7 Å². The van der Waals surface area contributed by atoms with Gasteiger partial charge in [-0.05, 0) is 32.0 Å². The van der Waals surface area contributed by atoms with E-state index >= 15 is 0 Å². The Morgan fingerprint density at radius 2 is 2.00 bits per heavy atom. The van der Waals surface area contributed by atoms with Crippen LogP contribution in [0, 0.1) is 25.2 Å². The average molecular weight is 362 g/mol. The Morgan fingerprint density at radius 3 is 2.63 bits per heavy atom. The van der Waals surface area contributed by atoms with Crippen LogP contribution in [0.4, 0.5) is 11.6 Å². The Kier molecular flexibility index (Phi) is 3.97. The fourth-order valence-electron chi connectivity index (χ4n) is 3.06. The maximum Gasteiger partial charge on any atom is 0.253 e. The lowest BCUT2D eigenvalue weighted by Crippen LogP contribution is -2.51. The third kappa shape index (κ3) is 2.96. The number of aliphatic hydroxyl groups is 1. The van der Waals surface area contributed by atoms with Crippen molar-refractivity contribution in [3.63, 3.8) is 0 Å². The smallest absolute Gasteiger partial charge is 0.253 e. The number of rotatable bonds is 3. The Morgan fingerprint density at radius 1 is 1.22 bits per heavy atom. The van der Waals surface area contributed by atoms with Gasteiger partial charge in [-0.1, -0.05) is 6.07 Å². The summed E-state index contributed by atoms with van der Waals surface area (Å²) in [4.78, 5) is 15.3. The van der Waals surface area contributed by atoms with Crippen LogP contribution in [0.15, 0.2) is 24.3 Å². The van der Waals surface area contributed by atoms with Gasteiger partial charge in [0.15, 0.2) is 0 Å². The zero-order valence-corrected chi connectivity index (χ0v) is 15.0. The van der Waals surface area contributed by atoms with E-state index in [2.05, 4.69) is 26.1 Å². The molecule has 27 heavy (non-hydrogen) atoms. The molecule has 3 N–H and O–H groups in total. The molecule has 3 aromatic heterocycles. The number of nitrogens with two attached hydrogens (primary N) is 1. The van der Waals surface area contributed by atoms with E-state index < -0.39 is 0 Å². The molecule has 0 radical (unpaired) electrons. The topological polar surface area (TPSA) is 130 Å². The lowest BCUT2D eigenvalue weighted by molar-refractivity contribution is 0.141. The fourth-order valence-corrected chi connectivity index (χ4v) is 3.06. The van der Waals surface area contributed by atoms with Gasteiger partial charge < -0.3 is 15.7 Å². The first-order valence-corrected chi connectivity index (χ1v) is 8.48. The third-order valence-electron chi connectivity index (χ3n) is 4.40. The summed E-state index contributed by atoms with van der Waals surface area (Å²) < 4.78 is 1.59. The Balaban J connectivity index is 1.83. The van der Waals surface area contributed by atoms with E-state index in [-0.39, 0.29) is 17.5 Å². The molecule has 1 saturated heterocycles. The summed E-state index contributed by atoms with van der Waals surface area (Å²) in [6.07, 6.45) is -0.336. The van der Waals surface area contributed by atoms with E-state index in [1.807, 2.05) is 36.9 Å². The number of nitrogens with zero attached hydrogens (tertiary/aromatic N) is 7. The summed E-state index contributed by atoms with van der Waals surface area (Å²) in [5, 5.41) is 23.4. The molecular weight excluding hydrogens is 344 g/mol. The maximum atomic E-state index is 9.55. The van der Waals surface area contributed by atoms with Gasteiger partial charge in [0.05, 0.1) is 17.5 Å². The molecule has 0 saturated carbocycles. The molecule has 9 nitrogen and oxygen atoms in total. The van der Waals surface area contributed by atoms with Crippen molar-refractivity contribution in [2.75, 3.05) is 23.7 Å². The van der Waals surface area contributed by atoms with Crippen LogP contribution >= 0.6 is 0 Å². The van der Waals surface area contributed by atoms with E-state index in [1.54, 1.807) is 10.7 Å². The van der Waals surface area contributed by atoms with Crippen molar-refractivity contribution in [3.05, 3.63) is 41.2 Å². The SMILES string of the molecule is Cc1cc(C)n(-c2nc(N)c(C#N)c(-c3cccc(N4CC(O)C4)n3)n2)n1. The Bertz CT molecular complexity index is 1060. The molecular formula is C18H18N8O. The summed E-state index contributed by atoms with van der Waals surface area (Å²) in [7, 11) is 0. The van der Waals surface area contributed by atoms with E-state index in [0.717, 1.165) is 11.4 Å². The highest BCUT2D eigenvalue weighted by Crippen LogP contribution is 2.27. The second-order valence-corrected chi connectivity index (χ2v) is 6.52. The molecule has 0 aromatic carbocycles. The number of anilines is 2. The number of nitrogen functional groups attached to an aromatic ring is 1. The molecule has 1 fully saturated rings. The van der Waals surface area contributed by atoms with Gasteiger partial charge in [-0.15, -0.1) is 0 Å². The molecule has 4 heterocycles. The number of hydrogen-bond donors (Lipinski definition) is 2. The van der Waals surface area contributed by atoms with Crippen molar-refractivity contribution in [1.29, 1.82) is 5.26 Å². The molecule has 4 rings (SSSR count). The minimum atomic E-state index is -0.336. The summed E-state index contributed by atoms with van der Waals surface area (Å²) in [6.45, 7) is 4.84. The van der Waals surface area contributed by atoms with E-state index in [1.165, 1.54) is 0 Å². The van der Waals surface area contributed by atoms with Crippen LogP contribution in [0.25, 0.3) is 17.3 Å². The average Bonchev–Trinajstić information content (AvgIpc) is 2.96. The highest BCUT2D eigenvalue weighted by atomic mass is 16.3. The van der Waals surface area contributed by atoms with E-state index in [0.29, 0.717) is 36.2 Å². The minimum Gasteiger partial charge on any atom is -0.389 e. The Labute approximate surface area is 155 Å². The third-order valence-corrected chi connectivity index (χ3v) is 4.40. The first-order valence-electron chi connectivity index (χ1n) is 8.48. The number of aliphatic hydroxyl groups excluding tert-OH is 1. The standard InChI is InChI=1S/C18H18N8O/c1-10-6-11(2)26(24-10)18-22-16(13(7-19)17(20)23-18)14-4-3-5-15(21-14)25-8-12(27)9-25/h3-6,12,27H,8-9H2,1-2H3,(H2,20,22,23). The number of β-amino-alcohol motifs (C(OH)–C–C–N with tert-alkyl or cyclic N) is 1. The second kappa shape index (κ2) is 6.34. The predicted molar refractivity (Wildman–Crippen MR) is 99.2 cm³/mol. The van der Waals surface area contributed by atoms with Gasteiger partial charge >= 0.3 is 0 Å². The van der Waals surface area contributed by atoms with Gasteiger partial charge in [0.25, 0.3) is 5.95 Å². The van der Waals surface area contributed by atoms with E-state index in [9.17, 15) is 10.4 Å². The first kappa shape index (κ1) is 16.9. The van der Waals surface area contributed by atoms with Crippen molar-refractivity contribution >= 4 is 11.6 Å². The normalized spacial score (nSPS) is 14.1. The monoisotopic (exact) mass is 362 g/mol. The molecule has 0 atom stereocenters. The molecule has 9 heteroatoms. The zero-order valence-electron chi connectivity index (χ0n) is 15.0. The van der Waals surface area contributed by atoms with Crippen molar-refractivity contribution in [3.8, 4) is 23.4 Å². The summed E-state index contributed by atoms with van der Waals surface area (Å²) in [5.74, 6) is 1.09. The molecule has 0 bridgehead atoms. The van der Waals surface area contributed by atoms with Crippen LogP contribution in [0.1, 0.15) is 17.0 Å². The van der Waals surface area contributed by atoms with Crippen molar-refractivity contribution < 1.29 is 5.11 Å². The highest BCUT2D eigenvalue weighted by Gasteiger charge is 2.26. The van der Waals surface area contributed by atoms with Crippen LogP contribution in [-0.4, -0.2) is 49.0 Å². The summed E-state index contributed by atoms with van der Waals surface area (Å²) in [6, 6.07) is 9.44. The largest absolute Gasteiger partial charge is 0.389 e.